The van der Waals surface area contributed by atoms with Gasteiger partial charge in [0.1, 0.15) is 0 Å². The lowest BCUT2D eigenvalue weighted by molar-refractivity contribution is 0.161. The van der Waals surface area contributed by atoms with Crippen molar-refractivity contribution in [2.75, 3.05) is 13.2 Å². The van der Waals surface area contributed by atoms with Crippen molar-refractivity contribution in [3.8, 4) is 6.07 Å². The van der Waals surface area contributed by atoms with Crippen LogP contribution in [-0.2, 0) is 13.0 Å². The number of aryl methyl sites for hydroxylation is 2. The Morgan fingerprint density at radius 1 is 1.04 bits per heavy atom. The van der Waals surface area contributed by atoms with E-state index in [0.717, 1.165) is 19.3 Å². The molecular formula is C21H26N2O. The van der Waals surface area contributed by atoms with Crippen molar-refractivity contribution in [3.63, 3.8) is 0 Å². The lowest BCUT2D eigenvalue weighted by Crippen LogP contribution is -2.36. The monoisotopic (exact) mass is 322 g/mol. The molecule has 0 saturated carbocycles. The highest BCUT2D eigenvalue weighted by molar-refractivity contribution is 5.21. The number of nitrogens with zero attached hydrogens (tertiary/aromatic N) is 2. The molecule has 3 nitrogen and oxygen atoms in total. The zero-order chi connectivity index (χ0) is 17.2. The predicted octanol–water partition coefficient (Wildman–Crippen LogP) is 3.70. The Balaban J connectivity index is 1.91. The van der Waals surface area contributed by atoms with Gasteiger partial charge in [-0.25, -0.2) is 0 Å². The molecule has 0 aliphatic rings. The maximum Gasteiger partial charge on any atom is 0.0981 e. The normalized spacial score (nSPS) is 12.1. The van der Waals surface area contributed by atoms with Crippen LogP contribution in [0.5, 0.6) is 0 Å². The zero-order valence-electron chi connectivity index (χ0n) is 14.4. The van der Waals surface area contributed by atoms with Crippen molar-refractivity contribution in [1.29, 1.82) is 5.26 Å². The predicted molar refractivity (Wildman–Crippen MR) is 97.5 cm³/mol. The summed E-state index contributed by atoms with van der Waals surface area (Å²) in [5.41, 5.74) is 3.75. The van der Waals surface area contributed by atoms with Crippen molar-refractivity contribution in [1.82, 2.24) is 4.90 Å². The summed E-state index contributed by atoms with van der Waals surface area (Å²) in [4.78, 5) is 2.07. The van der Waals surface area contributed by atoms with Gasteiger partial charge in [0.15, 0.2) is 0 Å². The Morgan fingerprint density at radius 2 is 1.75 bits per heavy atom. The molecule has 126 valence electrons. The Hall–Kier alpha value is -2.15. The van der Waals surface area contributed by atoms with Crippen molar-refractivity contribution in [2.45, 2.75) is 38.8 Å². The number of hydrogen-bond acceptors (Lipinski definition) is 3. The van der Waals surface area contributed by atoms with Crippen LogP contribution < -0.4 is 0 Å². The summed E-state index contributed by atoms with van der Waals surface area (Å²) in [7, 11) is 0. The summed E-state index contributed by atoms with van der Waals surface area (Å²) >= 11 is 0. The quantitative estimate of drug-likeness (QED) is 0.765. The Morgan fingerprint density at radius 3 is 2.38 bits per heavy atom. The van der Waals surface area contributed by atoms with E-state index in [2.05, 4.69) is 54.3 Å². The van der Waals surface area contributed by atoms with Gasteiger partial charge in [-0.1, -0.05) is 60.2 Å². The largest absolute Gasteiger partial charge is 0.395 e. The van der Waals surface area contributed by atoms with Crippen LogP contribution in [0.3, 0.4) is 0 Å². The van der Waals surface area contributed by atoms with E-state index in [1.165, 1.54) is 16.7 Å². The highest BCUT2D eigenvalue weighted by Gasteiger charge is 2.17. The molecule has 3 heteroatoms. The van der Waals surface area contributed by atoms with E-state index in [0.29, 0.717) is 13.1 Å². The average Bonchev–Trinajstić information content (AvgIpc) is 2.61. The molecule has 0 radical (unpaired) electrons. The highest BCUT2D eigenvalue weighted by atomic mass is 16.3. The topological polar surface area (TPSA) is 47.3 Å². The summed E-state index contributed by atoms with van der Waals surface area (Å²) in [5.74, 6) is 0. The lowest BCUT2D eigenvalue weighted by atomic mass is 10.0. The van der Waals surface area contributed by atoms with Crippen molar-refractivity contribution in [3.05, 3.63) is 71.3 Å². The standard InChI is InChI=1S/C21H26N2O/c1-18-10-12-19(13-11-18)8-5-9-21(16-22)23(14-15-24)17-20-6-3-2-4-7-20/h2-4,6-7,10-13,21,24H,5,8-9,14-15,17H2,1H3. The summed E-state index contributed by atoms with van der Waals surface area (Å²) in [6.45, 7) is 3.39. The molecule has 0 fully saturated rings. The maximum absolute atomic E-state index is 9.56. The van der Waals surface area contributed by atoms with Crippen LogP contribution in [0.1, 0.15) is 29.5 Å². The van der Waals surface area contributed by atoms with Gasteiger partial charge < -0.3 is 5.11 Å². The third-order valence-corrected chi connectivity index (χ3v) is 4.27. The van der Waals surface area contributed by atoms with Crippen LogP contribution in [0.25, 0.3) is 0 Å². The van der Waals surface area contributed by atoms with E-state index in [1.807, 2.05) is 18.2 Å². The van der Waals surface area contributed by atoms with Gasteiger partial charge >= 0.3 is 0 Å². The maximum atomic E-state index is 9.56. The molecule has 0 spiro atoms. The Labute approximate surface area is 145 Å². The molecule has 2 aromatic carbocycles. The van der Waals surface area contributed by atoms with E-state index < -0.39 is 0 Å². The first kappa shape index (κ1) is 18.2. The van der Waals surface area contributed by atoms with Gasteiger partial charge in [0.2, 0.25) is 0 Å². The van der Waals surface area contributed by atoms with Gasteiger partial charge in [0.05, 0.1) is 18.7 Å². The second-order valence-electron chi connectivity index (χ2n) is 6.20. The molecule has 0 bridgehead atoms. The van der Waals surface area contributed by atoms with Crippen LogP contribution in [0.15, 0.2) is 54.6 Å². The second kappa shape index (κ2) is 9.87. The summed E-state index contributed by atoms with van der Waals surface area (Å²) < 4.78 is 0. The number of benzene rings is 2. The van der Waals surface area contributed by atoms with Gasteiger partial charge in [-0.15, -0.1) is 0 Å². The molecule has 0 aliphatic carbocycles. The van der Waals surface area contributed by atoms with Gasteiger partial charge in [-0.05, 0) is 37.3 Å². The van der Waals surface area contributed by atoms with E-state index in [9.17, 15) is 10.4 Å². The number of hydrogen-bond donors (Lipinski definition) is 1. The molecule has 1 unspecified atom stereocenters. The first-order valence-electron chi connectivity index (χ1n) is 8.57. The van der Waals surface area contributed by atoms with Gasteiger partial charge in [-0.3, -0.25) is 4.90 Å². The second-order valence-corrected chi connectivity index (χ2v) is 6.20. The first-order chi connectivity index (χ1) is 11.7. The Kier molecular flexibility index (Phi) is 7.48. The number of aliphatic hydroxyl groups is 1. The fraction of sp³-hybridized carbons (Fsp3) is 0.381. The van der Waals surface area contributed by atoms with Crippen LogP contribution in [0.2, 0.25) is 0 Å². The van der Waals surface area contributed by atoms with E-state index in [-0.39, 0.29) is 12.6 Å². The molecule has 1 atom stereocenters. The SMILES string of the molecule is Cc1ccc(CCCC(C#N)N(CCO)Cc2ccccc2)cc1. The summed E-state index contributed by atoms with van der Waals surface area (Å²) in [6.07, 6.45) is 2.77. The van der Waals surface area contributed by atoms with Crippen molar-refractivity contribution >= 4 is 0 Å². The number of aliphatic hydroxyl groups excluding tert-OH is 1. The zero-order valence-corrected chi connectivity index (χ0v) is 14.4. The van der Waals surface area contributed by atoms with Gasteiger partial charge in [-0.2, -0.15) is 5.26 Å². The first-order valence-corrected chi connectivity index (χ1v) is 8.57. The molecule has 0 aliphatic heterocycles. The lowest BCUT2D eigenvalue weighted by Gasteiger charge is -2.26. The van der Waals surface area contributed by atoms with Gasteiger partial charge in [0.25, 0.3) is 0 Å². The minimum Gasteiger partial charge on any atom is -0.395 e. The number of nitriles is 1. The van der Waals surface area contributed by atoms with Crippen molar-refractivity contribution < 1.29 is 5.11 Å². The molecule has 1 N–H and O–H groups in total. The molecular weight excluding hydrogens is 296 g/mol. The smallest absolute Gasteiger partial charge is 0.0981 e. The van der Waals surface area contributed by atoms with Crippen LogP contribution in [-0.4, -0.2) is 29.2 Å². The molecule has 0 heterocycles. The highest BCUT2D eigenvalue weighted by Crippen LogP contribution is 2.14. The minimum absolute atomic E-state index is 0.0724. The molecule has 24 heavy (non-hydrogen) atoms. The van der Waals surface area contributed by atoms with E-state index in [1.54, 1.807) is 0 Å². The molecule has 0 amide bonds. The minimum atomic E-state index is -0.164. The Bertz CT molecular complexity index is 631. The fourth-order valence-corrected chi connectivity index (χ4v) is 2.87. The third kappa shape index (κ3) is 5.81. The molecule has 2 aromatic rings. The summed E-state index contributed by atoms with van der Waals surface area (Å²) in [6, 6.07) is 21.0. The molecule has 0 aromatic heterocycles. The third-order valence-electron chi connectivity index (χ3n) is 4.27. The van der Waals surface area contributed by atoms with Crippen LogP contribution in [0, 0.1) is 18.3 Å². The molecule has 0 saturated heterocycles. The van der Waals surface area contributed by atoms with Gasteiger partial charge in [0, 0.05) is 13.1 Å². The molecule has 2 rings (SSSR count). The van der Waals surface area contributed by atoms with E-state index in [4.69, 9.17) is 0 Å². The number of rotatable bonds is 9. The van der Waals surface area contributed by atoms with E-state index >= 15 is 0 Å². The fourth-order valence-electron chi connectivity index (χ4n) is 2.87. The summed E-state index contributed by atoms with van der Waals surface area (Å²) in [5, 5.41) is 18.9. The average molecular weight is 322 g/mol. The van der Waals surface area contributed by atoms with Crippen molar-refractivity contribution in [2.24, 2.45) is 0 Å². The van der Waals surface area contributed by atoms with Crippen LogP contribution in [0.4, 0.5) is 0 Å². The van der Waals surface area contributed by atoms with Crippen LogP contribution >= 0.6 is 0 Å².